The summed E-state index contributed by atoms with van der Waals surface area (Å²) in [7, 11) is 1.86. The van der Waals surface area contributed by atoms with E-state index in [0.717, 1.165) is 57.8 Å². The van der Waals surface area contributed by atoms with Crippen LogP contribution in [0.5, 0.6) is 0 Å². The number of nitrogens with one attached hydrogen (secondary N) is 2. The zero-order valence-corrected chi connectivity index (χ0v) is 18.0. The molecular weight excluding hydrogens is 360 g/mol. The number of benzene rings is 1. The van der Waals surface area contributed by atoms with Gasteiger partial charge in [-0.15, -0.1) is 0 Å². The Bertz CT molecular complexity index is 853. The Kier molecular flexibility index (Phi) is 6.19. The number of rotatable bonds is 5. The first kappa shape index (κ1) is 20.0. The predicted octanol–water partition coefficient (Wildman–Crippen LogP) is 2.54. The molecule has 2 aliphatic rings. The fourth-order valence-corrected chi connectivity index (χ4v) is 4.37. The van der Waals surface area contributed by atoms with Crippen LogP contribution < -0.4 is 10.6 Å². The van der Waals surface area contributed by atoms with E-state index in [1.54, 1.807) is 0 Å². The third-order valence-corrected chi connectivity index (χ3v) is 6.12. The molecule has 6 heteroatoms. The molecule has 1 aliphatic carbocycles. The highest BCUT2D eigenvalue weighted by Crippen LogP contribution is 2.22. The quantitative estimate of drug-likeness (QED) is 0.604. The lowest BCUT2D eigenvalue weighted by Gasteiger charge is -2.29. The molecule has 29 heavy (non-hydrogen) atoms. The number of nitrogens with zero attached hydrogens (tertiary/aromatic N) is 4. The second-order valence-electron chi connectivity index (χ2n) is 8.55. The summed E-state index contributed by atoms with van der Waals surface area (Å²) in [4.78, 5) is 6.96. The second kappa shape index (κ2) is 8.99. The number of hydrogen-bond donors (Lipinski definition) is 2. The van der Waals surface area contributed by atoms with Crippen molar-refractivity contribution in [3.05, 3.63) is 52.8 Å². The first-order chi connectivity index (χ1) is 14.1. The molecule has 156 valence electrons. The van der Waals surface area contributed by atoms with Crippen molar-refractivity contribution in [3.63, 3.8) is 0 Å². The highest BCUT2D eigenvalue weighted by Gasteiger charge is 2.23. The van der Waals surface area contributed by atoms with Crippen molar-refractivity contribution in [3.8, 4) is 0 Å². The average Bonchev–Trinajstić information content (AvgIpc) is 3.17. The Morgan fingerprint density at radius 3 is 2.83 bits per heavy atom. The number of aliphatic imine (C=N–C) groups is 1. The molecule has 0 amide bonds. The van der Waals surface area contributed by atoms with E-state index in [1.807, 2.05) is 7.05 Å². The van der Waals surface area contributed by atoms with E-state index in [0.29, 0.717) is 12.1 Å². The van der Waals surface area contributed by atoms with Gasteiger partial charge in [-0.2, -0.15) is 5.10 Å². The highest BCUT2D eigenvalue weighted by atomic mass is 15.3. The second-order valence-corrected chi connectivity index (χ2v) is 8.55. The summed E-state index contributed by atoms with van der Waals surface area (Å²) >= 11 is 0. The molecule has 0 bridgehead atoms. The molecule has 0 radical (unpaired) electrons. The first-order valence-corrected chi connectivity index (χ1v) is 11.0. The molecule has 1 atom stereocenters. The normalized spacial score (nSPS) is 19.7. The van der Waals surface area contributed by atoms with E-state index >= 15 is 0 Å². The molecule has 4 rings (SSSR count). The molecule has 1 unspecified atom stereocenters. The van der Waals surface area contributed by atoms with Gasteiger partial charge in [0, 0.05) is 57.9 Å². The summed E-state index contributed by atoms with van der Waals surface area (Å²) in [5.41, 5.74) is 5.63. The maximum absolute atomic E-state index is 4.79. The number of guanidine groups is 1. The Morgan fingerprint density at radius 2 is 2.03 bits per heavy atom. The van der Waals surface area contributed by atoms with Gasteiger partial charge in [0.05, 0.1) is 5.69 Å². The van der Waals surface area contributed by atoms with E-state index in [1.165, 1.54) is 22.4 Å². The van der Waals surface area contributed by atoms with E-state index < -0.39 is 0 Å². The van der Waals surface area contributed by atoms with Crippen LogP contribution in [-0.2, 0) is 25.8 Å². The average molecular weight is 395 g/mol. The molecule has 1 aromatic carbocycles. The van der Waals surface area contributed by atoms with Crippen LogP contribution in [0.4, 0.5) is 0 Å². The molecule has 0 saturated carbocycles. The summed E-state index contributed by atoms with van der Waals surface area (Å²) in [6.07, 6.45) is 6.56. The van der Waals surface area contributed by atoms with E-state index in [9.17, 15) is 0 Å². The lowest BCUT2D eigenvalue weighted by molar-refractivity contribution is 0.258. The van der Waals surface area contributed by atoms with Crippen LogP contribution in [0.1, 0.15) is 48.7 Å². The van der Waals surface area contributed by atoms with Crippen molar-refractivity contribution < 1.29 is 0 Å². The van der Waals surface area contributed by atoms with Crippen molar-refractivity contribution >= 4 is 5.96 Å². The minimum Gasteiger partial charge on any atom is -0.355 e. The summed E-state index contributed by atoms with van der Waals surface area (Å²) < 4.78 is 2.09. The minimum atomic E-state index is 0.395. The monoisotopic (exact) mass is 394 g/mol. The highest BCUT2D eigenvalue weighted by molar-refractivity contribution is 5.80. The Hall–Kier alpha value is -2.34. The molecule has 6 nitrogen and oxygen atoms in total. The summed E-state index contributed by atoms with van der Waals surface area (Å²) in [5.74, 6) is 0.902. The molecule has 0 spiro atoms. The van der Waals surface area contributed by atoms with Crippen LogP contribution >= 0.6 is 0 Å². The van der Waals surface area contributed by atoms with Crippen molar-refractivity contribution in [1.29, 1.82) is 0 Å². The van der Waals surface area contributed by atoms with Crippen LogP contribution in [0.25, 0.3) is 0 Å². The first-order valence-electron chi connectivity index (χ1n) is 11.0. The van der Waals surface area contributed by atoms with Crippen LogP contribution in [0.15, 0.2) is 35.5 Å². The number of fused-ring (bicyclic) bond motifs is 2. The standard InChI is InChI=1S/C23H34N6/c1-17(2)29-16-20-8-9-21(14-22(20)27-29)26-23(24-3)25-11-13-28-12-10-18-6-4-5-7-19(18)15-28/h4-7,16-17,21H,8-15H2,1-3H3,(H2,24,25,26). The summed E-state index contributed by atoms with van der Waals surface area (Å²) in [6.45, 7) is 8.48. The van der Waals surface area contributed by atoms with Gasteiger partial charge in [-0.05, 0) is 49.8 Å². The van der Waals surface area contributed by atoms with Gasteiger partial charge in [-0.25, -0.2) is 0 Å². The lowest BCUT2D eigenvalue weighted by atomic mass is 9.94. The molecule has 2 heterocycles. The van der Waals surface area contributed by atoms with Gasteiger partial charge >= 0.3 is 0 Å². The fourth-order valence-electron chi connectivity index (χ4n) is 4.37. The molecule has 2 aromatic rings. The van der Waals surface area contributed by atoms with Crippen LogP contribution in [0.3, 0.4) is 0 Å². The zero-order chi connectivity index (χ0) is 20.2. The predicted molar refractivity (Wildman–Crippen MR) is 118 cm³/mol. The smallest absolute Gasteiger partial charge is 0.191 e. The van der Waals surface area contributed by atoms with Crippen LogP contribution in [0.2, 0.25) is 0 Å². The topological polar surface area (TPSA) is 57.5 Å². The van der Waals surface area contributed by atoms with E-state index in [-0.39, 0.29) is 0 Å². The van der Waals surface area contributed by atoms with Gasteiger partial charge in [0.15, 0.2) is 5.96 Å². The van der Waals surface area contributed by atoms with Crippen molar-refractivity contribution in [1.82, 2.24) is 25.3 Å². The van der Waals surface area contributed by atoms with Crippen LogP contribution in [-0.4, -0.2) is 53.4 Å². The fraction of sp³-hybridized carbons (Fsp3) is 0.565. The SMILES string of the molecule is CN=C(NCCN1CCc2ccccc2C1)NC1CCc2cn(C(C)C)nc2C1. The maximum Gasteiger partial charge on any atom is 0.191 e. The molecule has 2 N–H and O–H groups in total. The zero-order valence-electron chi connectivity index (χ0n) is 18.0. The van der Waals surface area contributed by atoms with Gasteiger partial charge in [-0.1, -0.05) is 24.3 Å². The maximum atomic E-state index is 4.79. The molecular formula is C23H34N6. The Balaban J connectivity index is 1.24. The molecule has 1 aromatic heterocycles. The minimum absolute atomic E-state index is 0.395. The lowest BCUT2D eigenvalue weighted by Crippen LogP contribution is -2.47. The Morgan fingerprint density at radius 1 is 1.21 bits per heavy atom. The largest absolute Gasteiger partial charge is 0.355 e. The molecule has 1 aliphatic heterocycles. The van der Waals surface area contributed by atoms with Gasteiger partial charge in [0.1, 0.15) is 0 Å². The third kappa shape index (κ3) is 4.81. The van der Waals surface area contributed by atoms with Gasteiger partial charge in [-0.3, -0.25) is 14.6 Å². The number of hydrogen-bond acceptors (Lipinski definition) is 3. The summed E-state index contributed by atoms with van der Waals surface area (Å²) in [6, 6.07) is 9.62. The number of aryl methyl sites for hydroxylation is 1. The number of aromatic nitrogens is 2. The summed E-state index contributed by atoms with van der Waals surface area (Å²) in [5, 5.41) is 11.9. The molecule has 0 saturated heterocycles. The van der Waals surface area contributed by atoms with Crippen LogP contribution in [0, 0.1) is 0 Å². The van der Waals surface area contributed by atoms with E-state index in [2.05, 4.69) is 69.5 Å². The molecule has 0 fully saturated rings. The van der Waals surface area contributed by atoms with Gasteiger partial charge < -0.3 is 10.6 Å². The van der Waals surface area contributed by atoms with Gasteiger partial charge in [0.2, 0.25) is 0 Å². The third-order valence-electron chi connectivity index (χ3n) is 6.12. The van der Waals surface area contributed by atoms with Crippen molar-refractivity contribution in [2.75, 3.05) is 26.7 Å². The Labute approximate surface area is 174 Å². The van der Waals surface area contributed by atoms with E-state index in [4.69, 9.17) is 5.10 Å². The van der Waals surface area contributed by atoms with Crippen molar-refractivity contribution in [2.24, 2.45) is 4.99 Å². The van der Waals surface area contributed by atoms with Gasteiger partial charge in [0.25, 0.3) is 0 Å². The van der Waals surface area contributed by atoms with Crippen molar-refractivity contribution in [2.45, 2.75) is 58.2 Å².